The van der Waals surface area contributed by atoms with Gasteiger partial charge < -0.3 is 24.7 Å². The second-order valence-electron chi connectivity index (χ2n) is 7.43. The zero-order chi connectivity index (χ0) is 23.5. The normalized spacial score (nSPS) is 15.0. The number of hydrazone groups is 1. The van der Waals surface area contributed by atoms with Gasteiger partial charge in [0.2, 0.25) is 11.6 Å². The topological polar surface area (TPSA) is 127 Å². The van der Waals surface area contributed by atoms with Gasteiger partial charge in [0.15, 0.2) is 11.5 Å². The molecule has 1 aromatic heterocycles. The Morgan fingerprint density at radius 3 is 2.33 bits per heavy atom. The van der Waals surface area contributed by atoms with Crippen molar-refractivity contribution in [3.8, 4) is 23.1 Å². The van der Waals surface area contributed by atoms with Crippen molar-refractivity contribution in [2.24, 2.45) is 5.10 Å². The van der Waals surface area contributed by atoms with Crippen LogP contribution in [0.2, 0.25) is 0 Å². The average molecular weight is 452 g/mol. The van der Waals surface area contributed by atoms with Crippen LogP contribution < -0.4 is 30.9 Å². The fourth-order valence-corrected chi connectivity index (χ4v) is 3.83. The molecule has 0 fully saturated rings. The maximum absolute atomic E-state index is 12.6. The Bertz CT molecular complexity index is 1290. The van der Waals surface area contributed by atoms with Crippen molar-refractivity contribution in [2.45, 2.75) is 19.0 Å². The van der Waals surface area contributed by atoms with E-state index in [2.05, 4.69) is 15.5 Å². The summed E-state index contributed by atoms with van der Waals surface area (Å²) in [6.45, 7) is 0.103. The highest BCUT2D eigenvalue weighted by Crippen LogP contribution is 2.41. The highest BCUT2D eigenvalue weighted by atomic mass is 16.5. The van der Waals surface area contributed by atoms with Gasteiger partial charge in [-0.05, 0) is 23.3 Å². The van der Waals surface area contributed by atoms with Gasteiger partial charge in [-0.3, -0.25) is 14.3 Å². The van der Waals surface area contributed by atoms with Crippen LogP contribution in [-0.2, 0) is 6.54 Å². The molecule has 0 aliphatic carbocycles. The third-order valence-electron chi connectivity index (χ3n) is 5.49. The van der Waals surface area contributed by atoms with Crippen LogP contribution >= 0.6 is 0 Å². The fraction of sp³-hybridized carbons (Fsp3) is 0.261. The third-order valence-corrected chi connectivity index (χ3v) is 5.49. The first-order valence-electron chi connectivity index (χ1n) is 10.2. The molecular weight excluding hydrogens is 428 g/mol. The summed E-state index contributed by atoms with van der Waals surface area (Å²) < 4.78 is 17.3. The van der Waals surface area contributed by atoms with Crippen LogP contribution in [0.5, 0.6) is 23.1 Å². The highest BCUT2D eigenvalue weighted by molar-refractivity contribution is 6.03. The van der Waals surface area contributed by atoms with E-state index >= 15 is 0 Å². The lowest BCUT2D eigenvalue weighted by molar-refractivity contribution is 0.323. The summed E-state index contributed by atoms with van der Waals surface area (Å²) in [6.07, 6.45) is 0.290. The van der Waals surface area contributed by atoms with Gasteiger partial charge >= 0.3 is 5.69 Å². The number of aromatic hydroxyl groups is 1. The summed E-state index contributed by atoms with van der Waals surface area (Å²) in [5.41, 5.74) is 3.46. The number of methoxy groups -OCH3 is 3. The molecule has 0 amide bonds. The summed E-state index contributed by atoms with van der Waals surface area (Å²) in [6, 6.07) is 12.4. The number of rotatable bonds is 7. The van der Waals surface area contributed by atoms with Crippen LogP contribution in [0.15, 0.2) is 57.2 Å². The van der Waals surface area contributed by atoms with Gasteiger partial charge in [0.25, 0.3) is 5.56 Å². The molecule has 0 saturated heterocycles. The van der Waals surface area contributed by atoms with E-state index in [-0.39, 0.29) is 18.2 Å². The van der Waals surface area contributed by atoms with Gasteiger partial charge in [0.05, 0.1) is 39.6 Å². The molecule has 0 spiro atoms. The van der Waals surface area contributed by atoms with Crippen LogP contribution in [-0.4, -0.2) is 41.7 Å². The van der Waals surface area contributed by atoms with Crippen molar-refractivity contribution in [2.75, 3.05) is 21.3 Å². The number of nitrogens with zero attached hydrogens (tertiary/aromatic N) is 2. The summed E-state index contributed by atoms with van der Waals surface area (Å²) in [5.74, 6) is 1.00. The monoisotopic (exact) mass is 452 g/mol. The van der Waals surface area contributed by atoms with E-state index in [1.807, 2.05) is 30.3 Å². The molecule has 3 aromatic rings. The van der Waals surface area contributed by atoms with Crippen molar-refractivity contribution in [1.29, 1.82) is 0 Å². The largest absolute Gasteiger partial charge is 0.494 e. The Balaban J connectivity index is 1.67. The summed E-state index contributed by atoms with van der Waals surface area (Å²) in [5, 5.41) is 15.1. The molecule has 2 heterocycles. The van der Waals surface area contributed by atoms with E-state index in [0.717, 1.165) is 15.7 Å². The first kappa shape index (κ1) is 22.0. The van der Waals surface area contributed by atoms with Crippen LogP contribution in [0.1, 0.15) is 29.2 Å². The number of H-pyrrole nitrogens is 1. The van der Waals surface area contributed by atoms with Gasteiger partial charge in [-0.1, -0.05) is 30.3 Å². The molecule has 10 nitrogen and oxygen atoms in total. The summed E-state index contributed by atoms with van der Waals surface area (Å²) in [4.78, 5) is 27.2. The molecule has 1 aliphatic heterocycles. The van der Waals surface area contributed by atoms with Crippen LogP contribution in [0.3, 0.4) is 0 Å². The molecule has 1 atom stereocenters. The van der Waals surface area contributed by atoms with E-state index < -0.39 is 17.1 Å². The van der Waals surface area contributed by atoms with E-state index in [1.54, 1.807) is 12.1 Å². The number of hydrogen-bond donors (Lipinski definition) is 3. The van der Waals surface area contributed by atoms with Crippen LogP contribution in [0, 0.1) is 0 Å². The Kier molecular flexibility index (Phi) is 6.07. The maximum Gasteiger partial charge on any atom is 0.331 e. The molecule has 0 saturated carbocycles. The molecule has 0 radical (unpaired) electrons. The number of nitrogens with one attached hydrogen (secondary N) is 2. The minimum atomic E-state index is -0.701. The predicted octanol–water partition coefficient (Wildman–Crippen LogP) is 1.75. The molecule has 10 heteroatoms. The molecule has 2 aromatic carbocycles. The first-order chi connectivity index (χ1) is 16.0. The summed E-state index contributed by atoms with van der Waals surface area (Å²) in [7, 11) is 4.58. The van der Waals surface area contributed by atoms with Crippen LogP contribution in [0.25, 0.3) is 0 Å². The third kappa shape index (κ3) is 4.14. The number of hydrogen-bond acceptors (Lipinski definition) is 8. The second kappa shape index (κ2) is 9.11. The Hall–Kier alpha value is -4.21. The lowest BCUT2D eigenvalue weighted by Crippen LogP contribution is -2.34. The highest BCUT2D eigenvalue weighted by Gasteiger charge is 2.29. The van der Waals surface area contributed by atoms with Gasteiger partial charge in [-0.25, -0.2) is 4.79 Å². The number of benzene rings is 2. The van der Waals surface area contributed by atoms with Crippen molar-refractivity contribution < 1.29 is 19.3 Å². The van der Waals surface area contributed by atoms with Gasteiger partial charge in [0.1, 0.15) is 5.56 Å². The van der Waals surface area contributed by atoms with E-state index in [0.29, 0.717) is 29.4 Å². The molecular formula is C23H24N4O6. The molecule has 172 valence electrons. The summed E-state index contributed by atoms with van der Waals surface area (Å²) >= 11 is 0. The smallest absolute Gasteiger partial charge is 0.331 e. The molecule has 0 bridgehead atoms. The van der Waals surface area contributed by atoms with E-state index in [4.69, 9.17) is 14.2 Å². The van der Waals surface area contributed by atoms with Crippen molar-refractivity contribution in [3.63, 3.8) is 0 Å². The average Bonchev–Trinajstić information content (AvgIpc) is 3.31. The quantitative estimate of drug-likeness (QED) is 0.498. The van der Waals surface area contributed by atoms with Crippen molar-refractivity contribution >= 4 is 5.71 Å². The Morgan fingerprint density at radius 2 is 1.73 bits per heavy atom. The van der Waals surface area contributed by atoms with E-state index in [1.165, 1.54) is 21.3 Å². The molecule has 0 unspecified atom stereocenters. The van der Waals surface area contributed by atoms with Crippen molar-refractivity contribution in [3.05, 3.63) is 80.0 Å². The molecule has 33 heavy (non-hydrogen) atoms. The lowest BCUT2D eigenvalue weighted by Gasteiger charge is -2.17. The first-order valence-corrected chi connectivity index (χ1v) is 10.2. The van der Waals surface area contributed by atoms with Crippen LogP contribution in [0.4, 0.5) is 0 Å². The number of aromatic nitrogens is 2. The van der Waals surface area contributed by atoms with Crippen molar-refractivity contribution in [1.82, 2.24) is 15.0 Å². The molecule has 3 N–H and O–H groups in total. The Morgan fingerprint density at radius 1 is 1.06 bits per heavy atom. The minimum absolute atomic E-state index is 0.0482. The SMILES string of the molecule is COc1cc([C@H]2CC(c3c(O)n(Cc4ccccc4)c(=O)[nH]c3=O)=NN2)cc(OC)c1OC. The number of aromatic amines is 1. The van der Waals surface area contributed by atoms with Gasteiger partial charge in [-0.15, -0.1) is 0 Å². The molecule has 1 aliphatic rings. The maximum atomic E-state index is 12.6. The lowest BCUT2D eigenvalue weighted by atomic mass is 9.99. The predicted molar refractivity (Wildman–Crippen MR) is 122 cm³/mol. The zero-order valence-electron chi connectivity index (χ0n) is 18.4. The zero-order valence-corrected chi connectivity index (χ0v) is 18.4. The fourth-order valence-electron chi connectivity index (χ4n) is 3.83. The second-order valence-corrected chi connectivity index (χ2v) is 7.43. The van der Waals surface area contributed by atoms with Gasteiger partial charge in [-0.2, -0.15) is 5.10 Å². The van der Waals surface area contributed by atoms with Gasteiger partial charge in [0, 0.05) is 6.42 Å². The van der Waals surface area contributed by atoms with E-state index in [9.17, 15) is 14.7 Å². The standard InChI is InChI=1S/C23H24N4O6/c1-31-17-9-14(10-18(32-2)20(17)33-3)15-11-16(26-25-15)19-21(28)24-23(30)27(22(19)29)12-13-7-5-4-6-8-13/h4-10,15,25,29H,11-12H2,1-3H3,(H,24,28,30)/t15-/m1/s1. The molecule has 4 rings (SSSR count). The minimum Gasteiger partial charge on any atom is -0.494 e. The Labute approximate surface area is 189 Å². The number of ether oxygens (including phenoxy) is 3.